The van der Waals surface area contributed by atoms with Gasteiger partial charge in [0.05, 0.1) is 11.0 Å². The molecule has 7 heteroatoms. The number of aromatic nitrogens is 2. The van der Waals surface area contributed by atoms with Crippen molar-refractivity contribution in [2.45, 2.75) is 38.3 Å². The Kier molecular flexibility index (Phi) is 5.92. The lowest BCUT2D eigenvalue weighted by atomic mass is 10.1. The zero-order chi connectivity index (χ0) is 22.8. The lowest BCUT2D eigenvalue weighted by molar-refractivity contribution is 0.100. The lowest BCUT2D eigenvalue weighted by Gasteiger charge is -2.17. The van der Waals surface area contributed by atoms with Gasteiger partial charge in [0.25, 0.3) is 0 Å². The van der Waals surface area contributed by atoms with Crippen LogP contribution in [0.1, 0.15) is 47.6 Å². The maximum Gasteiger partial charge on any atom is 0.316 e. The molecule has 5 rings (SSSR count). The number of benzene rings is 3. The summed E-state index contributed by atoms with van der Waals surface area (Å²) in [7, 11) is 0. The van der Waals surface area contributed by atoms with Crippen LogP contribution in [0.4, 0.5) is 0 Å². The molecule has 1 aliphatic carbocycles. The van der Waals surface area contributed by atoms with Gasteiger partial charge in [0.15, 0.2) is 0 Å². The maximum atomic E-state index is 11.8. The third kappa shape index (κ3) is 4.26. The van der Waals surface area contributed by atoms with E-state index in [0.717, 1.165) is 41.1 Å². The molecule has 0 N–H and O–H groups in total. The summed E-state index contributed by atoms with van der Waals surface area (Å²) in [4.78, 5) is 27.3. The van der Waals surface area contributed by atoms with E-state index in [1.54, 1.807) is 12.1 Å². The standard InChI is InChI=1S/C26H22ClN3O3/c27-22-8-4-1-5-19(22)16-33-21-12-9-17(10-13-21)25-28-23-15-18(26(31)29-32)11-14-24(23)30(25)20-6-2-3-7-20/h1,4-5,8-15,20H,2-3,6-7,16H2. The summed E-state index contributed by atoms with van der Waals surface area (Å²) in [5.41, 5.74) is 3.79. The number of fused-ring (bicyclic) bond motifs is 1. The Bertz CT molecular complexity index is 1320. The Morgan fingerprint density at radius 2 is 1.82 bits per heavy atom. The van der Waals surface area contributed by atoms with Crippen LogP contribution in [0.15, 0.2) is 71.9 Å². The van der Waals surface area contributed by atoms with Gasteiger partial charge in [-0.1, -0.05) is 42.6 Å². The van der Waals surface area contributed by atoms with Crippen LogP contribution >= 0.6 is 11.6 Å². The Morgan fingerprint density at radius 3 is 2.55 bits per heavy atom. The second-order valence-corrected chi connectivity index (χ2v) is 8.66. The van der Waals surface area contributed by atoms with Gasteiger partial charge in [0.1, 0.15) is 18.2 Å². The average Bonchev–Trinajstić information content (AvgIpc) is 3.50. The smallest absolute Gasteiger partial charge is 0.316 e. The van der Waals surface area contributed by atoms with Gasteiger partial charge in [-0.2, -0.15) is 0 Å². The molecule has 33 heavy (non-hydrogen) atoms. The van der Waals surface area contributed by atoms with E-state index >= 15 is 0 Å². The van der Waals surface area contributed by atoms with Crippen molar-refractivity contribution in [2.75, 3.05) is 0 Å². The minimum Gasteiger partial charge on any atom is -0.489 e. The molecule has 4 aromatic rings. The van der Waals surface area contributed by atoms with Crippen LogP contribution in [-0.4, -0.2) is 15.5 Å². The minimum absolute atomic E-state index is 0.253. The normalized spacial score (nSPS) is 14.0. The molecular formula is C26H22ClN3O3. The minimum atomic E-state index is -0.783. The molecule has 0 saturated heterocycles. The number of hydrogen-bond donors (Lipinski definition) is 0. The Morgan fingerprint density at radius 1 is 1.06 bits per heavy atom. The first-order valence-electron chi connectivity index (χ1n) is 11.0. The van der Waals surface area contributed by atoms with E-state index in [1.807, 2.05) is 54.6 Å². The van der Waals surface area contributed by atoms with E-state index in [4.69, 9.17) is 21.3 Å². The summed E-state index contributed by atoms with van der Waals surface area (Å²) >= 11 is 6.22. The number of carbonyl (C=O) groups is 1. The molecule has 1 fully saturated rings. The molecule has 1 heterocycles. The van der Waals surface area contributed by atoms with Gasteiger partial charge in [-0.05, 0) is 61.4 Å². The highest BCUT2D eigenvalue weighted by Crippen LogP contribution is 2.37. The van der Waals surface area contributed by atoms with Crippen molar-refractivity contribution < 1.29 is 9.53 Å². The summed E-state index contributed by atoms with van der Waals surface area (Å²) in [5, 5.41) is 3.22. The Labute approximate surface area is 196 Å². The van der Waals surface area contributed by atoms with Gasteiger partial charge < -0.3 is 9.30 Å². The van der Waals surface area contributed by atoms with Crippen LogP contribution in [-0.2, 0) is 6.61 Å². The summed E-state index contributed by atoms with van der Waals surface area (Å²) in [6.45, 7) is 0.390. The fourth-order valence-corrected chi connectivity index (χ4v) is 4.69. The van der Waals surface area contributed by atoms with Crippen LogP contribution < -0.4 is 4.74 Å². The number of amides is 1. The summed E-state index contributed by atoms with van der Waals surface area (Å²) in [6.07, 6.45) is 4.55. The molecule has 0 radical (unpaired) electrons. The van der Waals surface area contributed by atoms with E-state index in [-0.39, 0.29) is 5.56 Å². The molecule has 0 spiro atoms. The van der Waals surface area contributed by atoms with Crippen LogP contribution in [0, 0.1) is 4.91 Å². The van der Waals surface area contributed by atoms with Gasteiger partial charge >= 0.3 is 5.91 Å². The van der Waals surface area contributed by atoms with Crippen LogP contribution in [0.25, 0.3) is 22.4 Å². The SMILES string of the molecule is O=NC(=O)c1ccc2c(c1)nc(-c1ccc(OCc3ccccc3Cl)cc1)n2C1CCCC1. The number of nitrogens with zero attached hydrogens (tertiary/aromatic N) is 3. The first-order valence-corrected chi connectivity index (χ1v) is 11.4. The van der Waals surface area contributed by atoms with Crippen LogP contribution in [0.3, 0.4) is 0 Å². The molecule has 0 bridgehead atoms. The Balaban J connectivity index is 1.47. The zero-order valence-corrected chi connectivity index (χ0v) is 18.7. The second-order valence-electron chi connectivity index (χ2n) is 8.25. The molecule has 3 aromatic carbocycles. The van der Waals surface area contributed by atoms with Crippen molar-refractivity contribution in [2.24, 2.45) is 5.18 Å². The highest BCUT2D eigenvalue weighted by Gasteiger charge is 2.24. The van der Waals surface area contributed by atoms with E-state index in [9.17, 15) is 9.70 Å². The topological polar surface area (TPSA) is 73.6 Å². The maximum absolute atomic E-state index is 11.8. The third-order valence-corrected chi connectivity index (χ3v) is 6.54. The molecule has 166 valence electrons. The van der Waals surface area contributed by atoms with Gasteiger partial charge in [-0.15, -0.1) is 4.91 Å². The van der Waals surface area contributed by atoms with Crippen molar-refractivity contribution in [3.63, 3.8) is 0 Å². The molecular weight excluding hydrogens is 438 g/mol. The monoisotopic (exact) mass is 459 g/mol. The van der Waals surface area contributed by atoms with Crippen molar-refractivity contribution in [3.05, 3.63) is 87.8 Å². The van der Waals surface area contributed by atoms with Gasteiger partial charge in [-0.25, -0.2) is 4.98 Å². The number of hydrogen-bond acceptors (Lipinski definition) is 4. The first kappa shape index (κ1) is 21.3. The van der Waals surface area contributed by atoms with Crippen molar-refractivity contribution >= 4 is 28.5 Å². The molecule has 1 aromatic heterocycles. The molecule has 1 saturated carbocycles. The number of halogens is 1. The van der Waals surface area contributed by atoms with E-state index in [2.05, 4.69) is 9.74 Å². The molecule has 0 atom stereocenters. The second kappa shape index (κ2) is 9.16. The predicted molar refractivity (Wildman–Crippen MR) is 129 cm³/mol. The highest BCUT2D eigenvalue weighted by atomic mass is 35.5. The van der Waals surface area contributed by atoms with E-state index in [0.29, 0.717) is 23.2 Å². The quantitative estimate of drug-likeness (QED) is 0.292. The van der Waals surface area contributed by atoms with Crippen LogP contribution in [0.5, 0.6) is 5.75 Å². The fourth-order valence-electron chi connectivity index (χ4n) is 4.50. The van der Waals surface area contributed by atoms with Gasteiger partial charge in [0, 0.05) is 32.9 Å². The number of rotatable bonds is 6. The number of ether oxygens (including phenoxy) is 1. The average molecular weight is 460 g/mol. The Hall–Kier alpha value is -3.51. The number of imidazole rings is 1. The summed E-state index contributed by atoms with van der Waals surface area (Å²) in [5.74, 6) is 0.805. The summed E-state index contributed by atoms with van der Waals surface area (Å²) in [6, 6.07) is 21.0. The van der Waals surface area contributed by atoms with E-state index < -0.39 is 5.91 Å². The number of carbonyl (C=O) groups excluding carboxylic acids is 1. The predicted octanol–water partition coefficient (Wildman–Crippen LogP) is 6.96. The summed E-state index contributed by atoms with van der Waals surface area (Å²) < 4.78 is 8.19. The van der Waals surface area contributed by atoms with Crippen molar-refractivity contribution in [1.29, 1.82) is 0 Å². The van der Waals surface area contributed by atoms with Gasteiger partial charge in [-0.3, -0.25) is 4.79 Å². The van der Waals surface area contributed by atoms with Crippen LogP contribution in [0.2, 0.25) is 5.02 Å². The molecule has 0 aliphatic heterocycles. The fraction of sp³-hybridized carbons (Fsp3) is 0.231. The van der Waals surface area contributed by atoms with Crippen molar-refractivity contribution in [1.82, 2.24) is 9.55 Å². The number of nitroso groups, excluding NO2 is 1. The molecule has 6 nitrogen and oxygen atoms in total. The van der Waals surface area contributed by atoms with Gasteiger partial charge in [0.2, 0.25) is 0 Å². The largest absolute Gasteiger partial charge is 0.489 e. The first-order chi connectivity index (χ1) is 16.1. The van der Waals surface area contributed by atoms with E-state index in [1.165, 1.54) is 12.8 Å². The zero-order valence-electron chi connectivity index (χ0n) is 17.9. The molecule has 0 unspecified atom stereocenters. The lowest BCUT2D eigenvalue weighted by Crippen LogP contribution is -2.06. The van der Waals surface area contributed by atoms with Crippen molar-refractivity contribution in [3.8, 4) is 17.1 Å². The highest BCUT2D eigenvalue weighted by molar-refractivity contribution is 6.31. The molecule has 1 amide bonds. The molecule has 1 aliphatic rings. The third-order valence-electron chi connectivity index (χ3n) is 6.17.